The number of carbonyl (C=O) groups is 1. The summed E-state index contributed by atoms with van der Waals surface area (Å²) in [6.07, 6.45) is -0.681. The Balaban J connectivity index is 1.90. The van der Waals surface area contributed by atoms with E-state index in [1.165, 1.54) is 0 Å². The van der Waals surface area contributed by atoms with Gasteiger partial charge in [-0.3, -0.25) is 5.32 Å². The molecule has 1 aliphatic rings. The lowest BCUT2D eigenvalue weighted by Gasteiger charge is -2.37. The highest BCUT2D eigenvalue weighted by Gasteiger charge is 2.24. The van der Waals surface area contributed by atoms with E-state index < -0.39 is 11.7 Å². The van der Waals surface area contributed by atoms with Gasteiger partial charge in [0.2, 0.25) is 0 Å². The average molecular weight is 264 g/mol. The van der Waals surface area contributed by atoms with Crippen LogP contribution in [0, 0.1) is 0 Å². The van der Waals surface area contributed by atoms with E-state index in [1.807, 2.05) is 45.0 Å². The standard InChI is InChI=1S/C14H20N2O3/c1-14(2,3)19-13(18)15-10-4-6-11(7-5-10)16-8-12(17)9-16/h4-7,12,17H,8-9H2,1-3H3,(H,15,18). The zero-order valence-corrected chi connectivity index (χ0v) is 11.5. The zero-order valence-electron chi connectivity index (χ0n) is 11.5. The van der Waals surface area contributed by atoms with Gasteiger partial charge in [-0.25, -0.2) is 4.79 Å². The minimum Gasteiger partial charge on any atom is -0.444 e. The number of aliphatic hydroxyl groups is 1. The highest BCUT2D eigenvalue weighted by molar-refractivity contribution is 5.85. The molecule has 1 fully saturated rings. The summed E-state index contributed by atoms with van der Waals surface area (Å²) in [5.74, 6) is 0. The van der Waals surface area contributed by atoms with Gasteiger partial charge >= 0.3 is 6.09 Å². The minimum absolute atomic E-state index is 0.223. The molecule has 1 saturated heterocycles. The molecule has 1 heterocycles. The smallest absolute Gasteiger partial charge is 0.412 e. The van der Waals surface area contributed by atoms with Gasteiger partial charge in [0.15, 0.2) is 0 Å². The first-order valence-corrected chi connectivity index (χ1v) is 6.36. The topological polar surface area (TPSA) is 61.8 Å². The third-order valence-corrected chi connectivity index (χ3v) is 2.74. The van der Waals surface area contributed by atoms with E-state index >= 15 is 0 Å². The fourth-order valence-electron chi connectivity index (χ4n) is 1.84. The highest BCUT2D eigenvalue weighted by Crippen LogP contribution is 2.23. The van der Waals surface area contributed by atoms with Crippen molar-refractivity contribution in [3.05, 3.63) is 24.3 Å². The van der Waals surface area contributed by atoms with E-state index in [2.05, 4.69) is 10.2 Å². The monoisotopic (exact) mass is 264 g/mol. The van der Waals surface area contributed by atoms with Crippen LogP contribution in [0.15, 0.2) is 24.3 Å². The normalized spacial score (nSPS) is 15.9. The third kappa shape index (κ3) is 3.86. The maximum absolute atomic E-state index is 11.6. The predicted octanol–water partition coefficient (Wildman–Crippen LogP) is 2.21. The summed E-state index contributed by atoms with van der Waals surface area (Å²) in [5, 5.41) is 11.9. The van der Waals surface area contributed by atoms with Crippen molar-refractivity contribution in [2.45, 2.75) is 32.5 Å². The van der Waals surface area contributed by atoms with Gasteiger partial charge in [0.25, 0.3) is 0 Å². The van der Waals surface area contributed by atoms with Gasteiger partial charge in [0, 0.05) is 24.5 Å². The Kier molecular flexibility index (Phi) is 3.66. The maximum Gasteiger partial charge on any atom is 0.412 e. The molecule has 2 N–H and O–H groups in total. The number of nitrogens with one attached hydrogen (secondary N) is 1. The summed E-state index contributed by atoms with van der Waals surface area (Å²) in [5.41, 5.74) is 1.23. The second-order valence-corrected chi connectivity index (χ2v) is 5.73. The van der Waals surface area contributed by atoms with Crippen molar-refractivity contribution in [3.8, 4) is 0 Å². The van der Waals surface area contributed by atoms with Crippen LogP contribution < -0.4 is 10.2 Å². The van der Waals surface area contributed by atoms with Crippen molar-refractivity contribution in [3.63, 3.8) is 0 Å². The maximum atomic E-state index is 11.6. The first-order chi connectivity index (χ1) is 8.83. The van der Waals surface area contributed by atoms with Gasteiger partial charge in [-0.05, 0) is 45.0 Å². The number of hydrogen-bond acceptors (Lipinski definition) is 4. The molecule has 0 unspecified atom stereocenters. The van der Waals surface area contributed by atoms with Crippen LogP contribution in [0.25, 0.3) is 0 Å². The number of aliphatic hydroxyl groups excluding tert-OH is 1. The number of hydrogen-bond donors (Lipinski definition) is 2. The van der Waals surface area contributed by atoms with Crippen LogP contribution in [-0.2, 0) is 4.74 Å². The number of benzene rings is 1. The number of anilines is 2. The van der Waals surface area contributed by atoms with Crippen LogP contribution in [0.3, 0.4) is 0 Å². The molecule has 19 heavy (non-hydrogen) atoms. The molecule has 1 aromatic rings. The second-order valence-electron chi connectivity index (χ2n) is 5.73. The molecular formula is C14H20N2O3. The molecule has 1 aromatic carbocycles. The van der Waals surface area contributed by atoms with E-state index in [0.717, 1.165) is 5.69 Å². The van der Waals surface area contributed by atoms with Gasteiger partial charge in [-0.15, -0.1) is 0 Å². The zero-order chi connectivity index (χ0) is 14.0. The molecule has 0 aromatic heterocycles. The predicted molar refractivity (Wildman–Crippen MR) is 74.5 cm³/mol. The highest BCUT2D eigenvalue weighted by atomic mass is 16.6. The van der Waals surface area contributed by atoms with E-state index in [4.69, 9.17) is 4.74 Å². The van der Waals surface area contributed by atoms with Gasteiger partial charge in [-0.1, -0.05) is 0 Å². The average Bonchev–Trinajstić information content (AvgIpc) is 2.23. The molecule has 0 radical (unpaired) electrons. The van der Waals surface area contributed by atoms with Crippen LogP contribution in [0.4, 0.5) is 16.2 Å². The van der Waals surface area contributed by atoms with E-state index in [-0.39, 0.29) is 6.10 Å². The van der Waals surface area contributed by atoms with Crippen LogP contribution in [-0.4, -0.2) is 36.0 Å². The van der Waals surface area contributed by atoms with Crippen LogP contribution in [0.1, 0.15) is 20.8 Å². The molecule has 2 rings (SSSR count). The van der Waals surface area contributed by atoms with Crippen molar-refractivity contribution in [1.82, 2.24) is 0 Å². The number of amides is 1. The van der Waals surface area contributed by atoms with Gasteiger partial charge in [-0.2, -0.15) is 0 Å². The lowest BCUT2D eigenvalue weighted by molar-refractivity contribution is 0.0636. The Morgan fingerprint density at radius 2 is 1.89 bits per heavy atom. The molecule has 1 amide bonds. The van der Waals surface area contributed by atoms with Crippen molar-refractivity contribution in [2.24, 2.45) is 0 Å². The summed E-state index contributed by atoms with van der Waals surface area (Å²) in [6, 6.07) is 7.48. The first-order valence-electron chi connectivity index (χ1n) is 6.36. The lowest BCUT2D eigenvalue weighted by atomic mass is 10.1. The molecule has 0 bridgehead atoms. The molecule has 104 valence electrons. The van der Waals surface area contributed by atoms with Crippen molar-refractivity contribution in [2.75, 3.05) is 23.3 Å². The van der Waals surface area contributed by atoms with Crippen molar-refractivity contribution >= 4 is 17.5 Å². The minimum atomic E-state index is -0.502. The quantitative estimate of drug-likeness (QED) is 0.859. The summed E-state index contributed by atoms with van der Waals surface area (Å²) in [4.78, 5) is 13.7. The molecule has 0 saturated carbocycles. The molecule has 0 aliphatic carbocycles. The van der Waals surface area contributed by atoms with Crippen LogP contribution in [0.5, 0.6) is 0 Å². The summed E-state index contributed by atoms with van der Waals surface area (Å²) >= 11 is 0. The molecular weight excluding hydrogens is 244 g/mol. The van der Waals surface area contributed by atoms with Gasteiger partial charge in [0.1, 0.15) is 5.60 Å². The van der Waals surface area contributed by atoms with Crippen molar-refractivity contribution in [1.29, 1.82) is 0 Å². The second kappa shape index (κ2) is 5.09. The Labute approximate surface area is 113 Å². The van der Waals surface area contributed by atoms with Gasteiger partial charge < -0.3 is 14.7 Å². The number of ether oxygens (including phenoxy) is 1. The summed E-state index contributed by atoms with van der Waals surface area (Å²) in [6.45, 7) is 6.80. The Bertz CT molecular complexity index is 445. The van der Waals surface area contributed by atoms with Crippen LogP contribution in [0.2, 0.25) is 0 Å². The summed E-state index contributed by atoms with van der Waals surface area (Å²) in [7, 11) is 0. The lowest BCUT2D eigenvalue weighted by Crippen LogP contribution is -2.50. The fraction of sp³-hybridized carbons (Fsp3) is 0.500. The molecule has 5 heteroatoms. The first kappa shape index (κ1) is 13.7. The number of nitrogens with zero attached hydrogens (tertiary/aromatic N) is 1. The Morgan fingerprint density at radius 1 is 1.32 bits per heavy atom. The van der Waals surface area contributed by atoms with Crippen molar-refractivity contribution < 1.29 is 14.6 Å². The molecule has 5 nitrogen and oxygen atoms in total. The summed E-state index contributed by atoms with van der Waals surface area (Å²) < 4.78 is 5.17. The van der Waals surface area contributed by atoms with Gasteiger partial charge in [0.05, 0.1) is 6.10 Å². The Hall–Kier alpha value is -1.75. The number of rotatable bonds is 2. The fourth-order valence-corrected chi connectivity index (χ4v) is 1.84. The largest absolute Gasteiger partial charge is 0.444 e. The molecule has 1 aliphatic heterocycles. The SMILES string of the molecule is CC(C)(C)OC(=O)Nc1ccc(N2CC(O)C2)cc1. The Morgan fingerprint density at radius 3 is 2.37 bits per heavy atom. The third-order valence-electron chi connectivity index (χ3n) is 2.74. The van der Waals surface area contributed by atoms with E-state index in [0.29, 0.717) is 18.8 Å². The van der Waals surface area contributed by atoms with Crippen LogP contribution >= 0.6 is 0 Å². The number of carbonyl (C=O) groups excluding carboxylic acids is 1. The molecule has 0 spiro atoms. The van der Waals surface area contributed by atoms with E-state index in [9.17, 15) is 9.90 Å². The molecule has 0 atom stereocenters. The number of β-amino-alcohol motifs (C(OH)–C–C–N with tert-alkyl or cyclic N) is 1. The van der Waals surface area contributed by atoms with E-state index in [1.54, 1.807) is 0 Å².